The second-order valence-electron chi connectivity index (χ2n) is 4.47. The quantitative estimate of drug-likeness (QED) is 0.853. The van der Waals surface area contributed by atoms with Crippen molar-refractivity contribution in [2.75, 3.05) is 13.1 Å². The van der Waals surface area contributed by atoms with E-state index in [-0.39, 0.29) is 6.04 Å². The van der Waals surface area contributed by atoms with Crippen molar-refractivity contribution in [2.24, 2.45) is 5.73 Å². The highest BCUT2D eigenvalue weighted by molar-refractivity contribution is 6.36. The third-order valence-corrected chi connectivity index (χ3v) is 4.14. The molecule has 0 aliphatic carbocycles. The van der Waals surface area contributed by atoms with Gasteiger partial charge in [-0.3, -0.25) is 4.90 Å². The van der Waals surface area contributed by atoms with Gasteiger partial charge in [-0.1, -0.05) is 43.1 Å². The molecular weight excluding hydrogens is 267 g/mol. The Balaban J connectivity index is 3.15. The number of likely N-dealkylation sites (N-methyl/N-ethyl adjacent to an activating group) is 1. The van der Waals surface area contributed by atoms with Crippen LogP contribution in [0.3, 0.4) is 0 Å². The summed E-state index contributed by atoms with van der Waals surface area (Å²) >= 11 is 12.6. The maximum atomic E-state index is 6.29. The smallest absolute Gasteiger partial charge is 0.0502 e. The molecule has 0 saturated carbocycles. The Bertz CT molecular complexity index is 362. The molecule has 0 bridgehead atoms. The van der Waals surface area contributed by atoms with Gasteiger partial charge in [0.1, 0.15) is 0 Å². The van der Waals surface area contributed by atoms with Crippen LogP contribution in [0, 0.1) is 0 Å². The van der Waals surface area contributed by atoms with Gasteiger partial charge < -0.3 is 5.73 Å². The van der Waals surface area contributed by atoms with Crippen LogP contribution >= 0.6 is 23.2 Å². The molecule has 4 heteroatoms. The summed E-state index contributed by atoms with van der Waals surface area (Å²) in [5.41, 5.74) is 6.90. The molecule has 0 radical (unpaired) electrons. The Morgan fingerprint density at radius 1 is 1.22 bits per heavy atom. The Hall–Kier alpha value is -0.280. The molecule has 102 valence electrons. The summed E-state index contributed by atoms with van der Waals surface area (Å²) in [7, 11) is 0. The summed E-state index contributed by atoms with van der Waals surface area (Å²) in [5.74, 6) is 0. The SMILES string of the molecule is CCC(C)N(CC)C(CN)c1c(Cl)cccc1Cl. The molecule has 0 spiro atoms. The van der Waals surface area contributed by atoms with Crippen LogP contribution in [0.2, 0.25) is 10.0 Å². The standard InChI is InChI=1S/C14H22Cl2N2/c1-4-10(3)18(5-2)13(9-17)14-11(15)7-6-8-12(14)16/h6-8,10,13H,4-5,9,17H2,1-3H3. The highest BCUT2D eigenvalue weighted by Gasteiger charge is 2.25. The number of nitrogens with two attached hydrogens (primary N) is 1. The first kappa shape index (κ1) is 15.8. The summed E-state index contributed by atoms with van der Waals surface area (Å²) in [5, 5.41) is 1.39. The summed E-state index contributed by atoms with van der Waals surface area (Å²) in [4.78, 5) is 2.35. The lowest BCUT2D eigenvalue weighted by atomic mass is 10.0. The van der Waals surface area contributed by atoms with Gasteiger partial charge in [0.05, 0.1) is 6.04 Å². The number of halogens is 2. The molecule has 18 heavy (non-hydrogen) atoms. The van der Waals surface area contributed by atoms with Crippen LogP contribution in [0.4, 0.5) is 0 Å². The lowest BCUT2D eigenvalue weighted by Crippen LogP contribution is -2.40. The maximum Gasteiger partial charge on any atom is 0.0502 e. The van der Waals surface area contributed by atoms with Crippen molar-refractivity contribution in [3.05, 3.63) is 33.8 Å². The lowest BCUT2D eigenvalue weighted by molar-refractivity contribution is 0.152. The lowest BCUT2D eigenvalue weighted by Gasteiger charge is -2.35. The largest absolute Gasteiger partial charge is 0.329 e. The van der Waals surface area contributed by atoms with Crippen LogP contribution in [0.1, 0.15) is 38.8 Å². The normalized spacial score (nSPS) is 14.8. The highest BCUT2D eigenvalue weighted by Crippen LogP contribution is 2.34. The number of rotatable bonds is 6. The van der Waals surface area contributed by atoms with Crippen molar-refractivity contribution in [1.29, 1.82) is 0 Å². The topological polar surface area (TPSA) is 29.3 Å². The van der Waals surface area contributed by atoms with Gasteiger partial charge in [-0.25, -0.2) is 0 Å². The van der Waals surface area contributed by atoms with Gasteiger partial charge in [-0.05, 0) is 32.0 Å². The molecule has 1 aromatic rings. The maximum absolute atomic E-state index is 6.29. The van der Waals surface area contributed by atoms with Crippen LogP contribution in [-0.2, 0) is 0 Å². The van der Waals surface area contributed by atoms with E-state index >= 15 is 0 Å². The van der Waals surface area contributed by atoms with Crippen LogP contribution in [0.15, 0.2) is 18.2 Å². The Labute approximate surface area is 120 Å². The molecule has 0 saturated heterocycles. The van der Waals surface area contributed by atoms with Crippen LogP contribution < -0.4 is 5.73 Å². The van der Waals surface area contributed by atoms with Gasteiger partial charge >= 0.3 is 0 Å². The Morgan fingerprint density at radius 3 is 2.17 bits per heavy atom. The first-order valence-electron chi connectivity index (χ1n) is 6.46. The molecule has 0 fully saturated rings. The van der Waals surface area contributed by atoms with E-state index in [1.165, 1.54) is 0 Å². The van der Waals surface area contributed by atoms with Crippen molar-refractivity contribution in [3.8, 4) is 0 Å². The molecule has 0 amide bonds. The Morgan fingerprint density at radius 2 is 1.78 bits per heavy atom. The van der Waals surface area contributed by atoms with Gasteiger partial charge in [-0.2, -0.15) is 0 Å². The van der Waals surface area contributed by atoms with Crippen molar-refractivity contribution in [1.82, 2.24) is 4.90 Å². The van der Waals surface area contributed by atoms with Crippen LogP contribution in [0.5, 0.6) is 0 Å². The van der Waals surface area contributed by atoms with E-state index in [1.54, 1.807) is 0 Å². The van der Waals surface area contributed by atoms with Gasteiger partial charge in [0.15, 0.2) is 0 Å². The van der Waals surface area contributed by atoms with E-state index < -0.39 is 0 Å². The molecule has 1 rings (SSSR count). The fourth-order valence-electron chi connectivity index (χ4n) is 2.32. The molecule has 2 unspecified atom stereocenters. The summed E-state index contributed by atoms with van der Waals surface area (Å²) < 4.78 is 0. The molecule has 0 aromatic heterocycles. The summed E-state index contributed by atoms with van der Waals surface area (Å²) in [6.45, 7) is 7.96. The molecular formula is C14H22Cl2N2. The van der Waals surface area contributed by atoms with Crippen LogP contribution in [0.25, 0.3) is 0 Å². The van der Waals surface area contributed by atoms with Crippen LogP contribution in [-0.4, -0.2) is 24.0 Å². The van der Waals surface area contributed by atoms with Gasteiger partial charge in [0, 0.05) is 28.2 Å². The van der Waals surface area contributed by atoms with Crippen molar-refractivity contribution in [3.63, 3.8) is 0 Å². The summed E-state index contributed by atoms with van der Waals surface area (Å²) in [6.07, 6.45) is 1.08. The first-order valence-corrected chi connectivity index (χ1v) is 7.22. The first-order chi connectivity index (χ1) is 8.56. The van der Waals surface area contributed by atoms with E-state index in [4.69, 9.17) is 28.9 Å². The number of hydrogen-bond acceptors (Lipinski definition) is 2. The average molecular weight is 289 g/mol. The molecule has 0 aliphatic heterocycles. The molecule has 2 nitrogen and oxygen atoms in total. The zero-order chi connectivity index (χ0) is 13.7. The molecule has 2 N–H and O–H groups in total. The second kappa shape index (κ2) is 7.34. The molecule has 2 atom stereocenters. The minimum atomic E-state index is 0.0751. The monoisotopic (exact) mass is 288 g/mol. The molecule has 0 aliphatic rings. The van der Waals surface area contributed by atoms with E-state index in [0.717, 1.165) is 18.5 Å². The zero-order valence-electron chi connectivity index (χ0n) is 11.3. The highest BCUT2D eigenvalue weighted by atomic mass is 35.5. The number of benzene rings is 1. The number of hydrogen-bond donors (Lipinski definition) is 1. The minimum Gasteiger partial charge on any atom is -0.329 e. The van der Waals surface area contributed by atoms with Gasteiger partial charge in [0.25, 0.3) is 0 Å². The van der Waals surface area contributed by atoms with E-state index in [2.05, 4.69) is 25.7 Å². The van der Waals surface area contributed by atoms with Crippen molar-refractivity contribution >= 4 is 23.2 Å². The van der Waals surface area contributed by atoms with Crippen molar-refractivity contribution < 1.29 is 0 Å². The predicted molar refractivity (Wildman–Crippen MR) is 80.4 cm³/mol. The fourth-order valence-corrected chi connectivity index (χ4v) is 2.97. The molecule has 0 heterocycles. The third kappa shape index (κ3) is 3.39. The van der Waals surface area contributed by atoms with E-state index in [1.807, 2.05) is 18.2 Å². The van der Waals surface area contributed by atoms with Gasteiger partial charge in [0.2, 0.25) is 0 Å². The zero-order valence-corrected chi connectivity index (χ0v) is 12.8. The average Bonchev–Trinajstić information content (AvgIpc) is 2.36. The van der Waals surface area contributed by atoms with Crippen molar-refractivity contribution in [2.45, 2.75) is 39.3 Å². The summed E-state index contributed by atoms with van der Waals surface area (Å²) in [6, 6.07) is 6.13. The van der Waals surface area contributed by atoms with E-state index in [9.17, 15) is 0 Å². The number of nitrogens with zero attached hydrogens (tertiary/aromatic N) is 1. The van der Waals surface area contributed by atoms with E-state index in [0.29, 0.717) is 22.6 Å². The minimum absolute atomic E-state index is 0.0751. The fraction of sp³-hybridized carbons (Fsp3) is 0.571. The van der Waals surface area contributed by atoms with Gasteiger partial charge in [-0.15, -0.1) is 0 Å². The Kier molecular flexibility index (Phi) is 6.44. The second-order valence-corrected chi connectivity index (χ2v) is 5.29. The third-order valence-electron chi connectivity index (χ3n) is 3.48. The predicted octanol–water partition coefficient (Wildman–Crippen LogP) is 4.11. The molecule has 1 aromatic carbocycles.